The highest BCUT2D eigenvalue weighted by atomic mass is 35.5. The Labute approximate surface area is 242 Å². The lowest BCUT2D eigenvalue weighted by atomic mass is 9.93. The highest BCUT2D eigenvalue weighted by Gasteiger charge is 2.45. The third kappa shape index (κ3) is 5.62. The maximum Gasteiger partial charge on any atom is 0.326 e. The molecule has 2 atom stereocenters. The number of nitriles is 1. The third-order valence-electron chi connectivity index (χ3n) is 6.70. The molecular weight excluding hydrogens is 549 g/mol. The average molecular weight is 576 g/mol. The molecule has 40 heavy (non-hydrogen) atoms. The minimum absolute atomic E-state index is 0.0689. The quantitative estimate of drug-likeness (QED) is 0.418. The van der Waals surface area contributed by atoms with E-state index in [9.17, 15) is 14.9 Å². The van der Waals surface area contributed by atoms with Gasteiger partial charge in [0.2, 0.25) is 5.91 Å². The van der Waals surface area contributed by atoms with Crippen LogP contribution in [0.25, 0.3) is 0 Å². The van der Waals surface area contributed by atoms with E-state index < -0.39 is 12.1 Å². The molecule has 5 rings (SSSR count). The number of piperazine rings is 1. The van der Waals surface area contributed by atoms with Gasteiger partial charge in [0.25, 0.3) is 0 Å². The van der Waals surface area contributed by atoms with Crippen LogP contribution in [0.1, 0.15) is 48.2 Å². The monoisotopic (exact) mass is 575 g/mol. The number of urea groups is 1. The number of rotatable bonds is 5. The first-order valence-corrected chi connectivity index (χ1v) is 13.7. The molecule has 2 aliphatic rings. The molecule has 2 unspecified atom stereocenters. The first kappa shape index (κ1) is 27.5. The Bertz CT molecular complexity index is 1520. The number of carbonyl (C=O) groups excluding carboxylic acids is 2. The Morgan fingerprint density at radius 3 is 2.52 bits per heavy atom. The molecule has 204 valence electrons. The minimum atomic E-state index is -0.578. The number of aliphatic imine (C=N–C) groups is 1. The fourth-order valence-corrected chi connectivity index (χ4v) is 5.29. The van der Waals surface area contributed by atoms with E-state index >= 15 is 0 Å². The molecule has 0 radical (unpaired) electrons. The number of amides is 3. The molecule has 2 heterocycles. The summed E-state index contributed by atoms with van der Waals surface area (Å²) in [5, 5.41) is 13.4. The number of halogens is 2. The van der Waals surface area contributed by atoms with Crippen LogP contribution in [-0.4, -0.2) is 53.3 Å². The Morgan fingerprint density at radius 2 is 1.85 bits per heavy atom. The predicted octanol–water partition coefficient (Wildman–Crippen LogP) is 5.75. The van der Waals surface area contributed by atoms with Gasteiger partial charge in [-0.1, -0.05) is 47.5 Å². The van der Waals surface area contributed by atoms with Crippen LogP contribution in [0.15, 0.2) is 71.7 Å². The second-order valence-corrected chi connectivity index (χ2v) is 10.7. The van der Waals surface area contributed by atoms with Gasteiger partial charge in [0, 0.05) is 23.1 Å². The van der Waals surface area contributed by atoms with Gasteiger partial charge in [-0.15, -0.1) is 0 Å². The van der Waals surface area contributed by atoms with Crippen LogP contribution >= 0.6 is 23.2 Å². The average Bonchev–Trinajstić information content (AvgIpc) is 3.33. The molecule has 10 heteroatoms. The van der Waals surface area contributed by atoms with Crippen LogP contribution in [-0.2, 0) is 4.79 Å². The molecule has 0 bridgehead atoms. The van der Waals surface area contributed by atoms with E-state index in [1.165, 1.54) is 4.90 Å². The van der Waals surface area contributed by atoms with Crippen molar-refractivity contribution in [3.8, 4) is 11.8 Å². The highest BCUT2D eigenvalue weighted by molar-refractivity contribution is 6.30. The van der Waals surface area contributed by atoms with Crippen molar-refractivity contribution in [3.63, 3.8) is 0 Å². The molecule has 1 saturated heterocycles. The van der Waals surface area contributed by atoms with Crippen LogP contribution in [0, 0.1) is 11.3 Å². The third-order valence-corrected chi connectivity index (χ3v) is 7.18. The maximum absolute atomic E-state index is 14.3. The summed E-state index contributed by atoms with van der Waals surface area (Å²) in [5.74, 6) is 0.582. The van der Waals surface area contributed by atoms with Crippen molar-refractivity contribution in [2.24, 2.45) is 4.99 Å². The van der Waals surface area contributed by atoms with E-state index in [0.29, 0.717) is 45.8 Å². The number of hydrogen-bond donors (Lipinski definition) is 1. The molecule has 1 N–H and O–H groups in total. The number of ether oxygens (including phenoxy) is 1. The van der Waals surface area contributed by atoms with Gasteiger partial charge in [0.05, 0.1) is 29.3 Å². The van der Waals surface area contributed by atoms with Crippen molar-refractivity contribution in [3.05, 3.63) is 99.0 Å². The molecule has 1 fully saturated rings. The summed E-state index contributed by atoms with van der Waals surface area (Å²) in [4.78, 5) is 34.9. The second kappa shape index (κ2) is 11.6. The van der Waals surface area contributed by atoms with E-state index in [1.54, 1.807) is 41.3 Å². The number of amidine groups is 1. The molecule has 0 aromatic heterocycles. The SMILES string of the molecule is CC(C)Oc1cc(C#N)ccc1C1=NC(c2cccc(Cl)c2)C(c2ccc(Cl)cc2)N1C(=O)N1CCNC(=O)C1. The lowest BCUT2D eigenvalue weighted by molar-refractivity contribution is -0.123. The summed E-state index contributed by atoms with van der Waals surface area (Å²) in [5.41, 5.74) is 2.61. The molecule has 3 aromatic carbocycles. The summed E-state index contributed by atoms with van der Waals surface area (Å²) >= 11 is 12.6. The maximum atomic E-state index is 14.3. The van der Waals surface area contributed by atoms with Crippen molar-refractivity contribution in [2.75, 3.05) is 19.6 Å². The Morgan fingerprint density at radius 1 is 1.07 bits per heavy atom. The van der Waals surface area contributed by atoms with Gasteiger partial charge in [0.1, 0.15) is 24.2 Å². The number of benzene rings is 3. The fourth-order valence-electron chi connectivity index (χ4n) is 4.97. The van der Waals surface area contributed by atoms with Gasteiger partial charge in [-0.05, 0) is 67.4 Å². The zero-order valence-corrected chi connectivity index (χ0v) is 23.5. The number of nitrogens with one attached hydrogen (secondary N) is 1. The normalized spacial score (nSPS) is 18.8. The first-order valence-electron chi connectivity index (χ1n) is 12.9. The summed E-state index contributed by atoms with van der Waals surface area (Å²) in [6.45, 7) is 4.42. The Kier molecular flexibility index (Phi) is 7.97. The molecule has 3 aromatic rings. The van der Waals surface area contributed by atoms with E-state index in [0.717, 1.165) is 11.1 Å². The minimum Gasteiger partial charge on any atom is -0.490 e. The van der Waals surface area contributed by atoms with Gasteiger partial charge < -0.3 is 15.0 Å². The van der Waals surface area contributed by atoms with Gasteiger partial charge in [-0.2, -0.15) is 5.26 Å². The van der Waals surface area contributed by atoms with Crippen molar-refractivity contribution >= 4 is 41.0 Å². The van der Waals surface area contributed by atoms with E-state index in [2.05, 4.69) is 11.4 Å². The zero-order valence-electron chi connectivity index (χ0n) is 22.0. The smallest absolute Gasteiger partial charge is 0.326 e. The van der Waals surface area contributed by atoms with Gasteiger partial charge in [-0.3, -0.25) is 14.7 Å². The van der Waals surface area contributed by atoms with E-state index in [-0.39, 0.29) is 24.6 Å². The van der Waals surface area contributed by atoms with Crippen LogP contribution < -0.4 is 10.1 Å². The summed E-state index contributed by atoms with van der Waals surface area (Å²) < 4.78 is 6.12. The molecule has 3 amide bonds. The van der Waals surface area contributed by atoms with Gasteiger partial charge in [0.15, 0.2) is 0 Å². The largest absolute Gasteiger partial charge is 0.490 e. The lowest BCUT2D eigenvalue weighted by Gasteiger charge is -2.36. The van der Waals surface area contributed by atoms with Crippen molar-refractivity contribution in [1.82, 2.24) is 15.1 Å². The molecule has 8 nitrogen and oxygen atoms in total. The highest BCUT2D eigenvalue weighted by Crippen LogP contribution is 2.45. The van der Waals surface area contributed by atoms with Crippen molar-refractivity contribution in [2.45, 2.75) is 32.0 Å². The summed E-state index contributed by atoms with van der Waals surface area (Å²) in [6, 6.07) is 20.4. The second-order valence-electron chi connectivity index (χ2n) is 9.86. The van der Waals surface area contributed by atoms with Crippen molar-refractivity contribution in [1.29, 1.82) is 5.26 Å². The number of hydrogen-bond acceptors (Lipinski definition) is 5. The standard InChI is InChI=1S/C30H27Cl2N5O3/c1-18(2)40-25-14-19(16-33)6-11-24(25)29-35-27(21-4-3-5-23(32)15-21)28(20-7-9-22(31)10-8-20)37(29)30(39)36-13-12-34-26(38)17-36/h3-11,14-15,18,27-28H,12-13,17H2,1-2H3,(H,34,38). The first-order chi connectivity index (χ1) is 19.2. The van der Waals surface area contributed by atoms with Crippen LogP contribution in [0.4, 0.5) is 4.79 Å². The van der Waals surface area contributed by atoms with Gasteiger partial charge in [-0.25, -0.2) is 4.79 Å². The Balaban J connectivity index is 1.72. The molecule has 0 spiro atoms. The number of nitrogens with zero attached hydrogens (tertiary/aromatic N) is 4. The van der Waals surface area contributed by atoms with Crippen LogP contribution in [0.2, 0.25) is 10.0 Å². The van der Waals surface area contributed by atoms with Crippen molar-refractivity contribution < 1.29 is 14.3 Å². The summed E-state index contributed by atoms with van der Waals surface area (Å²) in [7, 11) is 0. The zero-order chi connectivity index (χ0) is 28.4. The van der Waals surface area contributed by atoms with Crippen LogP contribution in [0.5, 0.6) is 5.75 Å². The topological polar surface area (TPSA) is 98.0 Å². The molecule has 2 aliphatic heterocycles. The van der Waals surface area contributed by atoms with Gasteiger partial charge >= 0.3 is 6.03 Å². The molecule has 0 saturated carbocycles. The van der Waals surface area contributed by atoms with E-state index in [4.69, 9.17) is 32.9 Å². The molecule has 0 aliphatic carbocycles. The fraction of sp³-hybridized carbons (Fsp3) is 0.267. The summed E-state index contributed by atoms with van der Waals surface area (Å²) in [6.07, 6.45) is -0.194. The lowest BCUT2D eigenvalue weighted by Crippen LogP contribution is -2.55. The van der Waals surface area contributed by atoms with E-state index in [1.807, 2.05) is 44.2 Å². The van der Waals surface area contributed by atoms with Crippen LogP contribution in [0.3, 0.4) is 0 Å². The Hall–Kier alpha value is -4.06. The molecular formula is C30H27Cl2N5O3. The predicted molar refractivity (Wildman–Crippen MR) is 154 cm³/mol. The number of carbonyl (C=O) groups is 2.